The Balaban J connectivity index is 2.04. The molecule has 0 radical (unpaired) electrons. The van der Waals surface area contributed by atoms with E-state index in [2.05, 4.69) is 0 Å². The fourth-order valence-electron chi connectivity index (χ4n) is 3.25. The van der Waals surface area contributed by atoms with Gasteiger partial charge >= 0.3 is 5.97 Å². The molecule has 166 valence electrons. The second-order valence-corrected chi connectivity index (χ2v) is 7.18. The molecule has 0 saturated heterocycles. The number of hydroxylamine groups is 1. The third-order valence-electron chi connectivity index (χ3n) is 4.90. The number of Topliss-reactive ketones (excluding diaryl/α,β-unsaturated/α-hetero) is 2. The van der Waals surface area contributed by atoms with Crippen molar-refractivity contribution < 1.29 is 29.4 Å². The smallest absolute Gasteiger partial charge is 0.320 e. The van der Waals surface area contributed by atoms with Crippen molar-refractivity contribution in [3.8, 4) is 5.75 Å². The van der Waals surface area contributed by atoms with Crippen molar-refractivity contribution in [2.24, 2.45) is 11.7 Å². The lowest BCUT2D eigenvalue weighted by Crippen LogP contribution is -2.34. The third-order valence-corrected chi connectivity index (χ3v) is 4.90. The summed E-state index contributed by atoms with van der Waals surface area (Å²) in [5.41, 5.74) is 8.19. The highest BCUT2D eigenvalue weighted by Crippen LogP contribution is 2.21. The van der Waals surface area contributed by atoms with Crippen molar-refractivity contribution in [1.29, 1.82) is 0 Å². The van der Waals surface area contributed by atoms with Crippen molar-refractivity contribution in [2.75, 3.05) is 13.2 Å². The van der Waals surface area contributed by atoms with Gasteiger partial charge in [-0.15, -0.1) is 0 Å². The van der Waals surface area contributed by atoms with E-state index in [1.807, 2.05) is 35.8 Å². The minimum absolute atomic E-state index is 0.0265. The van der Waals surface area contributed by atoms with Crippen LogP contribution in [0.2, 0.25) is 0 Å². The van der Waals surface area contributed by atoms with Gasteiger partial charge in [0.05, 0.1) is 19.1 Å². The summed E-state index contributed by atoms with van der Waals surface area (Å²) < 4.78 is 5.63. The Hall–Kier alpha value is -3.07. The second kappa shape index (κ2) is 12.6. The van der Waals surface area contributed by atoms with Crippen LogP contribution in [0.25, 0.3) is 0 Å². The minimum atomic E-state index is -1.17. The summed E-state index contributed by atoms with van der Waals surface area (Å²) in [7, 11) is 0. The molecule has 0 spiro atoms. The molecule has 0 aliphatic heterocycles. The van der Waals surface area contributed by atoms with Crippen LogP contribution in [-0.2, 0) is 16.0 Å². The van der Waals surface area contributed by atoms with Crippen LogP contribution in [0.4, 0.5) is 0 Å². The molecule has 8 nitrogen and oxygen atoms in total. The zero-order valence-corrected chi connectivity index (χ0v) is 17.2. The first-order valence-electron chi connectivity index (χ1n) is 10.1. The molecule has 2 rings (SSSR count). The van der Waals surface area contributed by atoms with Gasteiger partial charge in [-0.3, -0.25) is 14.4 Å². The van der Waals surface area contributed by atoms with Crippen LogP contribution in [0.15, 0.2) is 54.6 Å². The predicted octanol–water partition coefficient (Wildman–Crippen LogP) is 2.24. The van der Waals surface area contributed by atoms with Gasteiger partial charge < -0.3 is 20.8 Å². The fraction of sp³-hybridized carbons (Fsp3) is 0.348. The molecule has 0 unspecified atom stereocenters. The quantitative estimate of drug-likeness (QED) is 0.155. The maximum absolute atomic E-state index is 13.2. The van der Waals surface area contributed by atoms with E-state index in [4.69, 9.17) is 20.8 Å². The Labute approximate surface area is 181 Å². The number of hydrogen-bond acceptors (Lipinski definition) is 7. The molecule has 0 aliphatic carbocycles. The fourth-order valence-corrected chi connectivity index (χ4v) is 3.25. The number of nitrogens with two attached hydrogens (primary N) is 1. The van der Waals surface area contributed by atoms with Crippen molar-refractivity contribution in [2.45, 2.75) is 31.7 Å². The van der Waals surface area contributed by atoms with Gasteiger partial charge in [0.15, 0.2) is 11.6 Å². The molecule has 2 aromatic carbocycles. The van der Waals surface area contributed by atoms with Crippen LogP contribution < -0.4 is 16.0 Å². The standard InChI is InChI=1S/C23H28N2O6/c24-20(23(28)29)14-16-8-4-5-11-18(16)22(27)19(21(26)15-25-30)12-6-7-13-31-17-9-2-1-3-10-17/h1-5,8-11,19-20,25,30H,6-7,12-15,24H2,(H,28,29)/t19-,20+/m0/s1. The summed E-state index contributed by atoms with van der Waals surface area (Å²) in [6.07, 6.45) is 1.47. The molecule has 0 aromatic heterocycles. The van der Waals surface area contributed by atoms with Crippen LogP contribution in [-0.4, -0.2) is 47.0 Å². The van der Waals surface area contributed by atoms with Crippen molar-refractivity contribution in [1.82, 2.24) is 5.48 Å². The Kier molecular flexibility index (Phi) is 9.83. The lowest BCUT2D eigenvalue weighted by molar-refractivity contribution is -0.138. The van der Waals surface area contributed by atoms with Crippen LogP contribution in [0.1, 0.15) is 35.2 Å². The molecule has 0 bridgehead atoms. The predicted molar refractivity (Wildman–Crippen MR) is 114 cm³/mol. The molecular formula is C23H28N2O6. The summed E-state index contributed by atoms with van der Waals surface area (Å²) in [5.74, 6) is -2.22. The summed E-state index contributed by atoms with van der Waals surface area (Å²) >= 11 is 0. The molecule has 2 atom stereocenters. The van der Waals surface area contributed by atoms with Gasteiger partial charge in [0.1, 0.15) is 11.8 Å². The number of hydrogen-bond donors (Lipinski definition) is 4. The van der Waals surface area contributed by atoms with E-state index in [0.717, 1.165) is 5.75 Å². The van der Waals surface area contributed by atoms with E-state index in [0.29, 0.717) is 25.0 Å². The van der Waals surface area contributed by atoms with Crippen LogP contribution in [0.3, 0.4) is 0 Å². The monoisotopic (exact) mass is 428 g/mol. The summed E-state index contributed by atoms with van der Waals surface area (Å²) in [6.45, 7) is 0.0924. The van der Waals surface area contributed by atoms with Crippen molar-refractivity contribution >= 4 is 17.5 Å². The number of carboxylic acid groups (broad SMARTS) is 1. The molecule has 0 fully saturated rings. The number of carboxylic acids is 1. The Morgan fingerprint density at radius 2 is 1.68 bits per heavy atom. The number of ketones is 2. The van der Waals surface area contributed by atoms with Crippen LogP contribution >= 0.6 is 0 Å². The van der Waals surface area contributed by atoms with E-state index in [1.165, 1.54) is 0 Å². The molecule has 31 heavy (non-hydrogen) atoms. The zero-order chi connectivity index (χ0) is 22.6. The first-order chi connectivity index (χ1) is 14.9. The number of carbonyl (C=O) groups excluding carboxylic acids is 2. The van der Waals surface area contributed by atoms with E-state index in [-0.39, 0.29) is 24.9 Å². The Bertz CT molecular complexity index is 871. The van der Waals surface area contributed by atoms with Crippen LogP contribution in [0.5, 0.6) is 5.75 Å². The van der Waals surface area contributed by atoms with E-state index >= 15 is 0 Å². The molecule has 5 N–H and O–H groups in total. The maximum Gasteiger partial charge on any atom is 0.320 e. The highest BCUT2D eigenvalue weighted by atomic mass is 16.5. The molecular weight excluding hydrogens is 400 g/mol. The number of carbonyl (C=O) groups is 3. The lowest BCUT2D eigenvalue weighted by Gasteiger charge is -2.18. The number of unbranched alkanes of at least 4 members (excludes halogenated alkanes) is 1. The van der Waals surface area contributed by atoms with Gasteiger partial charge in [-0.1, -0.05) is 42.5 Å². The van der Waals surface area contributed by atoms with Crippen LogP contribution in [0, 0.1) is 5.92 Å². The van der Waals surface area contributed by atoms with Crippen molar-refractivity contribution in [3.05, 3.63) is 65.7 Å². The van der Waals surface area contributed by atoms with E-state index in [1.54, 1.807) is 24.3 Å². The highest BCUT2D eigenvalue weighted by molar-refractivity contribution is 6.11. The highest BCUT2D eigenvalue weighted by Gasteiger charge is 2.28. The van der Waals surface area contributed by atoms with Gasteiger partial charge in [0.25, 0.3) is 0 Å². The molecule has 8 heteroatoms. The first-order valence-corrected chi connectivity index (χ1v) is 10.1. The number of aliphatic carboxylic acids is 1. The van der Waals surface area contributed by atoms with E-state index < -0.39 is 29.5 Å². The molecule has 0 amide bonds. The number of para-hydroxylation sites is 1. The van der Waals surface area contributed by atoms with Crippen molar-refractivity contribution in [3.63, 3.8) is 0 Å². The van der Waals surface area contributed by atoms with E-state index in [9.17, 15) is 14.4 Å². The maximum atomic E-state index is 13.2. The van der Waals surface area contributed by atoms with Gasteiger partial charge in [-0.2, -0.15) is 5.48 Å². The Morgan fingerprint density at radius 1 is 1.00 bits per heavy atom. The molecule has 0 heterocycles. The SMILES string of the molecule is N[C@H](Cc1ccccc1C(=O)[C@@H](CCCCOc1ccccc1)C(=O)CNO)C(=O)O. The topological polar surface area (TPSA) is 139 Å². The van der Waals surface area contributed by atoms with Gasteiger partial charge in [0.2, 0.25) is 0 Å². The largest absolute Gasteiger partial charge is 0.494 e. The summed E-state index contributed by atoms with van der Waals surface area (Å²) in [6, 6.07) is 14.7. The third kappa shape index (κ3) is 7.60. The minimum Gasteiger partial charge on any atom is -0.494 e. The first kappa shape index (κ1) is 24.2. The molecule has 2 aromatic rings. The number of ether oxygens (including phenoxy) is 1. The summed E-state index contributed by atoms with van der Waals surface area (Å²) in [4.78, 5) is 36.8. The van der Waals surface area contributed by atoms with Gasteiger partial charge in [-0.05, 0) is 43.4 Å². The summed E-state index contributed by atoms with van der Waals surface area (Å²) in [5, 5.41) is 18.0. The lowest BCUT2D eigenvalue weighted by atomic mass is 9.86. The average molecular weight is 428 g/mol. The number of nitrogens with one attached hydrogen (secondary N) is 1. The van der Waals surface area contributed by atoms with Gasteiger partial charge in [-0.25, -0.2) is 0 Å². The number of benzene rings is 2. The average Bonchev–Trinajstić information content (AvgIpc) is 2.77. The number of rotatable bonds is 14. The second-order valence-electron chi connectivity index (χ2n) is 7.18. The van der Waals surface area contributed by atoms with Gasteiger partial charge in [0, 0.05) is 5.56 Å². The molecule has 0 saturated carbocycles. The zero-order valence-electron chi connectivity index (χ0n) is 17.2. The normalized spacial score (nSPS) is 12.7. The molecule has 0 aliphatic rings. The Morgan fingerprint density at radius 3 is 2.35 bits per heavy atom.